The molecule has 0 saturated heterocycles. The second-order valence-corrected chi connectivity index (χ2v) is 5.56. The van der Waals surface area contributed by atoms with Crippen LogP contribution < -0.4 is 24.0 Å². The molecule has 0 saturated carbocycles. The summed E-state index contributed by atoms with van der Waals surface area (Å²) >= 11 is 3.41. The van der Waals surface area contributed by atoms with E-state index in [0.717, 1.165) is 0 Å². The molecule has 0 bridgehead atoms. The third-order valence-electron chi connectivity index (χ3n) is 0.325. The van der Waals surface area contributed by atoms with E-state index in [1.807, 2.05) is 6.92 Å². The van der Waals surface area contributed by atoms with Crippen molar-refractivity contribution in [1.82, 2.24) is 0 Å². The van der Waals surface area contributed by atoms with Gasteiger partial charge in [0, 0.05) is 0 Å². The average Bonchev–Trinajstić information content (AvgIpc) is 1.63. The van der Waals surface area contributed by atoms with E-state index in [0.29, 0.717) is 0 Å². The van der Waals surface area contributed by atoms with E-state index in [1.165, 1.54) is 0 Å². The second kappa shape index (κ2) is 11.5. The molecule has 0 atom stereocenters. The van der Waals surface area contributed by atoms with E-state index in [4.69, 9.17) is 0 Å². The van der Waals surface area contributed by atoms with E-state index in [2.05, 4.69) is 23.2 Å². The topological polar surface area (TPSA) is 23.1 Å². The molecule has 0 fully saturated rings. The Kier molecular flexibility index (Phi) is 19.3. The van der Waals surface area contributed by atoms with Crippen molar-refractivity contribution in [3.63, 3.8) is 0 Å². The maximum Gasteiger partial charge on any atom is 1.00 e. The summed E-state index contributed by atoms with van der Waals surface area (Å²) in [4.78, 5) is 0. The molecule has 0 aliphatic carbocycles. The summed E-state index contributed by atoms with van der Waals surface area (Å²) in [6.07, 6.45) is 2.07. The van der Waals surface area contributed by atoms with Crippen LogP contribution in [0.5, 0.6) is 0 Å². The van der Waals surface area contributed by atoms with Gasteiger partial charge in [-0.1, -0.05) is 20.8 Å². The molecule has 58 valence electrons. The van der Waals surface area contributed by atoms with Gasteiger partial charge < -0.3 is 5.11 Å². The van der Waals surface area contributed by atoms with Crippen LogP contribution in [-0.4, -0.2) is 23.8 Å². The van der Waals surface area contributed by atoms with E-state index in [9.17, 15) is 5.11 Å². The van der Waals surface area contributed by atoms with Crippen LogP contribution in [0, 0.1) is 0 Å². The van der Waals surface area contributed by atoms with Crippen molar-refractivity contribution >= 4 is 31.1 Å². The van der Waals surface area contributed by atoms with Crippen molar-refractivity contribution in [3.05, 3.63) is 10.3 Å². The number of hydrogen-bond acceptors (Lipinski definition) is 1. The Morgan fingerprint density at radius 1 is 1.36 bits per heavy atom. The molecule has 0 spiro atoms. The molecule has 0 aromatic carbocycles. The molecule has 0 aliphatic rings. The van der Waals surface area contributed by atoms with Crippen molar-refractivity contribution in [2.45, 2.75) is 33.3 Å². The molecule has 0 rings (SSSR count). The second-order valence-electron chi connectivity index (χ2n) is 2.84. The quantitative estimate of drug-likeness (QED) is 0.508. The first-order valence-electron chi connectivity index (χ1n) is 3.29. The Labute approximate surface area is 97.8 Å². The molecular weight excluding hydrogens is 211 g/mol. The molecule has 0 N–H and O–H groups in total. The fourth-order valence-electron chi connectivity index (χ4n) is 0.0891. The molecule has 0 aromatic heterocycles. The van der Waals surface area contributed by atoms with Gasteiger partial charge in [-0.15, -0.1) is 11.7 Å². The van der Waals surface area contributed by atoms with Gasteiger partial charge in [0.1, 0.15) is 0 Å². The number of allylic oxidation sites excluding steroid dienone is 1. The van der Waals surface area contributed by atoms with Crippen LogP contribution in [-0.2, 0) is 0 Å². The zero-order valence-electron chi connectivity index (χ0n) is 8.15. The Hall–Kier alpha value is 1.54. The Balaban J connectivity index is -0.000000107. The van der Waals surface area contributed by atoms with Gasteiger partial charge >= 0.3 is 37.1 Å². The molecule has 0 heterocycles. The van der Waals surface area contributed by atoms with Gasteiger partial charge in [0.05, 0.1) is 0 Å². The van der Waals surface area contributed by atoms with Crippen molar-refractivity contribution in [2.24, 2.45) is 0 Å². The normalized spacial score (nSPS) is 9.27. The summed E-state index contributed by atoms with van der Waals surface area (Å²) in [5, 5.41) is 10.1. The molecule has 0 amide bonds. The first-order chi connectivity index (χ1) is 4.41. The summed E-state index contributed by atoms with van der Waals surface area (Å²) < 4.78 is 2.18. The molecule has 0 aliphatic heterocycles. The minimum atomic E-state index is -0.750. The van der Waals surface area contributed by atoms with Crippen molar-refractivity contribution in [3.8, 4) is 0 Å². The summed E-state index contributed by atoms with van der Waals surface area (Å²) in [6.45, 7) is 6.93. The fraction of sp³-hybridized carbons (Fsp3) is 0.714. The molecule has 0 radical (unpaired) electrons. The van der Waals surface area contributed by atoms with E-state index >= 15 is 0 Å². The first-order valence-corrected chi connectivity index (χ1v) is 8.01. The molecule has 4 heteroatoms. The third kappa shape index (κ3) is 83.7. The SMILES string of the molecule is CC(C)(C)[O-].CC=[CH][Mg][Br].[Li+]. The zero-order chi connectivity index (χ0) is 8.62. The van der Waals surface area contributed by atoms with Crippen LogP contribution >= 0.6 is 12.9 Å². The Bertz CT molecular complexity index is 84.9. The Morgan fingerprint density at radius 2 is 1.64 bits per heavy atom. The first kappa shape index (κ1) is 18.4. The predicted molar refractivity (Wildman–Crippen MR) is 49.2 cm³/mol. The largest absolute Gasteiger partial charge is 1.00 e. The van der Waals surface area contributed by atoms with Crippen LogP contribution in [0.25, 0.3) is 0 Å². The van der Waals surface area contributed by atoms with Gasteiger partial charge in [0.15, 0.2) is 0 Å². The minimum absolute atomic E-state index is 0. The number of halogens is 1. The smallest absolute Gasteiger partial charge is 0.850 e. The zero-order valence-corrected chi connectivity index (χ0v) is 11.1. The molecular formula is C7H14BrLiMgO. The number of hydrogen-bond donors (Lipinski definition) is 0. The summed E-state index contributed by atoms with van der Waals surface area (Å²) in [7, 11) is 0. The summed E-state index contributed by atoms with van der Waals surface area (Å²) in [5.74, 6) is 0. The van der Waals surface area contributed by atoms with Gasteiger partial charge in [0.2, 0.25) is 0 Å². The summed E-state index contributed by atoms with van der Waals surface area (Å²) in [5.41, 5.74) is -0.750. The van der Waals surface area contributed by atoms with Crippen LogP contribution in [0.1, 0.15) is 27.7 Å². The molecule has 11 heavy (non-hydrogen) atoms. The molecule has 0 unspecified atom stereocenters. The molecule has 1 nitrogen and oxygen atoms in total. The minimum Gasteiger partial charge on any atom is -0.850 e. The number of rotatable bonds is 1. The Morgan fingerprint density at radius 3 is 1.64 bits per heavy atom. The van der Waals surface area contributed by atoms with Gasteiger partial charge in [-0.3, -0.25) is 12.9 Å². The maximum atomic E-state index is 10.1. The fourth-order valence-corrected chi connectivity index (χ4v) is 1.39. The van der Waals surface area contributed by atoms with Crippen LogP contribution in [0.2, 0.25) is 0 Å². The van der Waals surface area contributed by atoms with E-state index < -0.39 is 5.60 Å². The maximum absolute atomic E-state index is 10.1. The van der Waals surface area contributed by atoms with Crippen molar-refractivity contribution < 1.29 is 24.0 Å². The van der Waals surface area contributed by atoms with Crippen molar-refractivity contribution in [1.29, 1.82) is 0 Å². The standard InChI is InChI=1S/C4H9O.C3H5.BrH.Li.Mg/c1-4(2,3)5;1-3-2;;;/h1-3H3;1,3H,2H3;1H;;/q-1;;;2*+1/p-1. The van der Waals surface area contributed by atoms with Gasteiger partial charge in [-0.05, 0) is 6.92 Å². The van der Waals surface area contributed by atoms with Gasteiger partial charge in [-0.2, -0.15) is 4.21 Å². The third-order valence-corrected chi connectivity index (χ3v) is 2.10. The van der Waals surface area contributed by atoms with Crippen LogP contribution in [0.3, 0.4) is 0 Å². The van der Waals surface area contributed by atoms with Crippen LogP contribution in [0.4, 0.5) is 0 Å². The summed E-state index contributed by atoms with van der Waals surface area (Å²) in [6, 6.07) is 0. The molecule has 0 aromatic rings. The van der Waals surface area contributed by atoms with Crippen LogP contribution in [0.15, 0.2) is 10.3 Å². The monoisotopic (exact) mass is 224 g/mol. The van der Waals surface area contributed by atoms with Gasteiger partial charge in [-0.25, -0.2) is 0 Å². The van der Waals surface area contributed by atoms with E-state index in [-0.39, 0.29) is 37.1 Å². The van der Waals surface area contributed by atoms with Crippen molar-refractivity contribution in [2.75, 3.05) is 0 Å². The average molecular weight is 225 g/mol. The van der Waals surface area contributed by atoms with E-state index in [1.54, 1.807) is 20.8 Å². The van der Waals surface area contributed by atoms with Gasteiger partial charge in [0.25, 0.3) is 0 Å². The predicted octanol–water partition coefficient (Wildman–Crippen LogP) is -1.32.